The van der Waals surface area contributed by atoms with Gasteiger partial charge in [-0.1, -0.05) is 12.1 Å². The van der Waals surface area contributed by atoms with Crippen LogP contribution in [-0.4, -0.2) is 35.8 Å². The molecule has 6 heteroatoms. The number of nitrogens with one attached hydrogen (secondary N) is 1. The molecule has 1 aromatic heterocycles. The molecular weight excluding hydrogens is 279 g/mol. The normalized spacial score (nSPS) is 19.6. The number of rotatable bonds is 4. The van der Waals surface area contributed by atoms with Crippen molar-refractivity contribution >= 4 is 19.1 Å². The molecular formula is C16H23BN2O3. The van der Waals surface area contributed by atoms with Crippen molar-refractivity contribution in [2.45, 2.75) is 45.8 Å². The predicted molar refractivity (Wildman–Crippen MR) is 87.4 cm³/mol. The summed E-state index contributed by atoms with van der Waals surface area (Å²) in [5.74, 6) is 1.72. The van der Waals surface area contributed by atoms with E-state index in [1.54, 1.807) is 18.5 Å². The number of nitrogens with zero attached hydrogens (tertiary/aromatic N) is 1. The average Bonchev–Trinajstić information content (AvgIpc) is 2.65. The number of hydrogen-bond acceptors (Lipinski definition) is 4. The second kappa shape index (κ2) is 6.22. The van der Waals surface area contributed by atoms with Crippen LogP contribution in [0, 0.1) is 0 Å². The van der Waals surface area contributed by atoms with Crippen LogP contribution in [-0.2, 0) is 9.31 Å². The van der Waals surface area contributed by atoms with Gasteiger partial charge in [0.25, 0.3) is 5.91 Å². The number of carbonyl (C=O) groups excluding carboxylic acids is 1. The van der Waals surface area contributed by atoms with Crippen LogP contribution in [0.1, 0.15) is 50.5 Å². The number of pyridine rings is 1. The van der Waals surface area contributed by atoms with Gasteiger partial charge in [-0.3, -0.25) is 9.78 Å². The summed E-state index contributed by atoms with van der Waals surface area (Å²) in [6, 6.07) is 1.79. The molecule has 1 saturated heterocycles. The van der Waals surface area contributed by atoms with Gasteiger partial charge in [0.2, 0.25) is 0 Å². The van der Waals surface area contributed by atoms with Gasteiger partial charge in [-0.25, -0.2) is 0 Å². The predicted octanol–water partition coefficient (Wildman–Crippen LogP) is 2.48. The van der Waals surface area contributed by atoms with Crippen molar-refractivity contribution < 1.29 is 14.1 Å². The van der Waals surface area contributed by atoms with E-state index in [2.05, 4.69) is 10.3 Å². The standard InChI is InChI=1S/C16H23BN2O3/c1-6-19-14(20)13-9-12(10-18-11-13)7-8-17-21-15(2,3)16(4,5)22-17/h7-11H,6H2,1-5H3,(H,19,20)/b8-7+. The lowest BCUT2D eigenvalue weighted by Gasteiger charge is -2.32. The molecule has 1 aliphatic rings. The van der Waals surface area contributed by atoms with Crippen molar-refractivity contribution in [2.24, 2.45) is 0 Å². The smallest absolute Gasteiger partial charge is 0.400 e. The highest BCUT2D eigenvalue weighted by molar-refractivity contribution is 6.52. The molecule has 1 amide bonds. The molecule has 1 fully saturated rings. The quantitative estimate of drug-likeness (QED) is 0.868. The van der Waals surface area contributed by atoms with E-state index >= 15 is 0 Å². The zero-order valence-electron chi connectivity index (χ0n) is 13.8. The van der Waals surface area contributed by atoms with E-state index < -0.39 is 7.12 Å². The molecule has 2 heterocycles. The molecule has 0 aromatic carbocycles. The highest BCUT2D eigenvalue weighted by Crippen LogP contribution is 2.36. The lowest BCUT2D eigenvalue weighted by molar-refractivity contribution is 0.00578. The Balaban J connectivity index is 2.09. The molecule has 0 unspecified atom stereocenters. The first-order valence-electron chi connectivity index (χ1n) is 7.52. The summed E-state index contributed by atoms with van der Waals surface area (Å²) < 4.78 is 11.8. The Morgan fingerprint density at radius 1 is 1.27 bits per heavy atom. The van der Waals surface area contributed by atoms with E-state index in [0.717, 1.165) is 5.56 Å². The van der Waals surface area contributed by atoms with E-state index in [0.29, 0.717) is 12.1 Å². The minimum atomic E-state index is -0.405. The van der Waals surface area contributed by atoms with Gasteiger partial charge >= 0.3 is 7.12 Å². The van der Waals surface area contributed by atoms with Crippen molar-refractivity contribution in [1.82, 2.24) is 10.3 Å². The highest BCUT2D eigenvalue weighted by Gasteiger charge is 2.49. The molecule has 0 saturated carbocycles. The van der Waals surface area contributed by atoms with Crippen molar-refractivity contribution in [3.05, 3.63) is 35.6 Å². The molecule has 1 aromatic rings. The SMILES string of the molecule is CCNC(=O)c1cncc(/C=C/B2OC(C)(C)C(C)(C)O2)c1. The van der Waals surface area contributed by atoms with E-state index in [4.69, 9.17) is 9.31 Å². The van der Waals surface area contributed by atoms with E-state index in [1.807, 2.05) is 46.7 Å². The Hall–Kier alpha value is -1.66. The molecule has 0 spiro atoms. The molecule has 1 N–H and O–H groups in total. The fraction of sp³-hybridized carbons (Fsp3) is 0.500. The number of aromatic nitrogens is 1. The lowest BCUT2D eigenvalue weighted by atomic mass is 9.89. The summed E-state index contributed by atoms with van der Waals surface area (Å²) in [6.07, 6.45) is 5.11. The number of carbonyl (C=O) groups is 1. The second-order valence-electron chi connectivity index (χ2n) is 6.35. The Morgan fingerprint density at radius 3 is 2.50 bits per heavy atom. The summed E-state index contributed by atoms with van der Waals surface area (Å²) >= 11 is 0. The van der Waals surface area contributed by atoms with Crippen molar-refractivity contribution in [3.8, 4) is 0 Å². The van der Waals surface area contributed by atoms with Gasteiger partial charge in [0.05, 0.1) is 16.8 Å². The molecule has 0 atom stereocenters. The van der Waals surface area contributed by atoms with Crippen LogP contribution in [0.15, 0.2) is 24.4 Å². The fourth-order valence-corrected chi connectivity index (χ4v) is 2.09. The third-order valence-electron chi connectivity index (χ3n) is 4.08. The minimum Gasteiger partial charge on any atom is -0.400 e. The van der Waals surface area contributed by atoms with Crippen molar-refractivity contribution in [2.75, 3.05) is 6.54 Å². The van der Waals surface area contributed by atoms with Crippen molar-refractivity contribution in [3.63, 3.8) is 0 Å². The Bertz CT molecular complexity index is 569. The molecule has 0 bridgehead atoms. The third-order valence-corrected chi connectivity index (χ3v) is 4.08. The number of hydrogen-bond donors (Lipinski definition) is 1. The molecule has 0 aliphatic carbocycles. The third kappa shape index (κ3) is 3.57. The van der Waals surface area contributed by atoms with Gasteiger partial charge in [0.1, 0.15) is 0 Å². The zero-order chi connectivity index (χ0) is 16.4. The van der Waals surface area contributed by atoms with E-state index in [1.165, 1.54) is 0 Å². The van der Waals surface area contributed by atoms with Crippen LogP contribution in [0.5, 0.6) is 0 Å². The minimum absolute atomic E-state index is 0.124. The molecule has 0 radical (unpaired) electrons. The van der Waals surface area contributed by atoms with Gasteiger partial charge in [0.15, 0.2) is 0 Å². The van der Waals surface area contributed by atoms with Gasteiger partial charge in [-0.15, -0.1) is 0 Å². The summed E-state index contributed by atoms with van der Waals surface area (Å²) in [5, 5.41) is 2.76. The molecule has 22 heavy (non-hydrogen) atoms. The Kier molecular flexibility index (Phi) is 4.73. The first-order chi connectivity index (χ1) is 10.2. The van der Waals surface area contributed by atoms with Gasteiger partial charge in [0, 0.05) is 18.9 Å². The summed E-state index contributed by atoms with van der Waals surface area (Å²) in [6.45, 7) is 10.5. The van der Waals surface area contributed by atoms with E-state index in [-0.39, 0.29) is 17.1 Å². The van der Waals surface area contributed by atoms with Crippen LogP contribution in [0.2, 0.25) is 0 Å². The molecule has 2 rings (SSSR count). The van der Waals surface area contributed by atoms with Gasteiger partial charge in [-0.05, 0) is 46.2 Å². The average molecular weight is 302 g/mol. The molecule has 1 aliphatic heterocycles. The van der Waals surface area contributed by atoms with Crippen LogP contribution in [0.4, 0.5) is 0 Å². The monoisotopic (exact) mass is 302 g/mol. The van der Waals surface area contributed by atoms with Crippen LogP contribution < -0.4 is 5.32 Å². The van der Waals surface area contributed by atoms with Crippen LogP contribution in [0.3, 0.4) is 0 Å². The second-order valence-corrected chi connectivity index (χ2v) is 6.35. The Morgan fingerprint density at radius 2 is 1.91 bits per heavy atom. The summed E-state index contributed by atoms with van der Waals surface area (Å²) in [4.78, 5) is 15.9. The van der Waals surface area contributed by atoms with Crippen molar-refractivity contribution in [1.29, 1.82) is 0 Å². The maximum Gasteiger partial charge on any atom is 0.487 e. The van der Waals surface area contributed by atoms with Crippen LogP contribution >= 0.6 is 0 Å². The topological polar surface area (TPSA) is 60.5 Å². The van der Waals surface area contributed by atoms with Gasteiger partial charge in [-0.2, -0.15) is 0 Å². The highest BCUT2D eigenvalue weighted by atomic mass is 16.7. The van der Waals surface area contributed by atoms with Crippen LogP contribution in [0.25, 0.3) is 6.08 Å². The maximum atomic E-state index is 11.8. The summed E-state index contributed by atoms with van der Waals surface area (Å²) in [7, 11) is -0.405. The maximum absolute atomic E-state index is 11.8. The van der Waals surface area contributed by atoms with Gasteiger partial charge < -0.3 is 14.6 Å². The lowest BCUT2D eigenvalue weighted by Crippen LogP contribution is -2.41. The summed E-state index contributed by atoms with van der Waals surface area (Å²) in [5.41, 5.74) is 0.656. The zero-order valence-corrected chi connectivity index (χ0v) is 13.8. The fourth-order valence-electron chi connectivity index (χ4n) is 2.09. The molecule has 5 nitrogen and oxygen atoms in total. The molecule has 118 valence electrons. The Labute approximate surface area is 132 Å². The first kappa shape index (κ1) is 16.7. The van der Waals surface area contributed by atoms with E-state index in [9.17, 15) is 4.79 Å². The number of amides is 1. The largest absolute Gasteiger partial charge is 0.487 e. The first-order valence-corrected chi connectivity index (χ1v) is 7.52.